The van der Waals surface area contributed by atoms with Gasteiger partial charge in [-0.2, -0.15) is 0 Å². The van der Waals surface area contributed by atoms with E-state index in [1.54, 1.807) is 0 Å². The summed E-state index contributed by atoms with van der Waals surface area (Å²) in [6.07, 6.45) is 88.3. The number of hydrogen-bond donors (Lipinski definition) is 0. The molecule has 6 nitrogen and oxygen atoms in total. The maximum absolute atomic E-state index is 12.9. The summed E-state index contributed by atoms with van der Waals surface area (Å²) in [6.45, 7) is 6.53. The summed E-state index contributed by atoms with van der Waals surface area (Å²) >= 11 is 0. The minimum Gasteiger partial charge on any atom is -0.462 e. The molecular weight excluding hydrogens is 961 g/mol. The summed E-state index contributed by atoms with van der Waals surface area (Å²) in [5, 5.41) is 0. The maximum atomic E-state index is 12.9. The first kappa shape index (κ1) is 74.3. The van der Waals surface area contributed by atoms with Gasteiger partial charge in [0.15, 0.2) is 6.10 Å². The number of esters is 3. The van der Waals surface area contributed by atoms with Crippen molar-refractivity contribution in [2.24, 2.45) is 0 Å². The van der Waals surface area contributed by atoms with Crippen molar-refractivity contribution in [3.8, 4) is 0 Å². The number of unbranched alkanes of at least 4 members (excludes halogenated alkanes) is 33. The molecule has 0 aromatic heterocycles. The van der Waals surface area contributed by atoms with Crippen LogP contribution in [0.15, 0.2) is 97.2 Å². The van der Waals surface area contributed by atoms with Crippen molar-refractivity contribution in [2.45, 2.75) is 329 Å². The van der Waals surface area contributed by atoms with Crippen LogP contribution in [0.1, 0.15) is 323 Å². The highest BCUT2D eigenvalue weighted by Gasteiger charge is 2.19. The Hall–Kier alpha value is -3.67. The van der Waals surface area contributed by atoms with Crippen LogP contribution in [-0.4, -0.2) is 37.2 Å². The molecule has 78 heavy (non-hydrogen) atoms. The van der Waals surface area contributed by atoms with Crippen LogP contribution in [-0.2, 0) is 28.6 Å². The molecule has 1 unspecified atom stereocenters. The van der Waals surface area contributed by atoms with Crippen LogP contribution in [0.5, 0.6) is 0 Å². The molecule has 0 radical (unpaired) electrons. The van der Waals surface area contributed by atoms with Crippen LogP contribution in [0.3, 0.4) is 0 Å². The van der Waals surface area contributed by atoms with Gasteiger partial charge in [0.1, 0.15) is 13.2 Å². The Morgan fingerprint density at radius 1 is 0.269 bits per heavy atom. The van der Waals surface area contributed by atoms with Gasteiger partial charge in [0, 0.05) is 19.3 Å². The molecule has 0 rings (SSSR count). The second kappa shape index (κ2) is 65.8. The monoisotopic (exact) mass is 1080 g/mol. The van der Waals surface area contributed by atoms with Crippen LogP contribution < -0.4 is 0 Å². The highest BCUT2D eigenvalue weighted by molar-refractivity contribution is 5.71. The molecule has 0 aromatic rings. The van der Waals surface area contributed by atoms with E-state index in [0.29, 0.717) is 19.3 Å². The predicted molar refractivity (Wildman–Crippen MR) is 339 cm³/mol. The zero-order valence-corrected chi connectivity index (χ0v) is 51.4. The molecule has 0 heterocycles. The van der Waals surface area contributed by atoms with Crippen molar-refractivity contribution in [3.63, 3.8) is 0 Å². The third kappa shape index (κ3) is 63.2. The molecule has 0 amide bonds. The van der Waals surface area contributed by atoms with E-state index in [9.17, 15) is 14.4 Å². The molecule has 0 bridgehead atoms. The van der Waals surface area contributed by atoms with E-state index in [1.165, 1.54) is 161 Å². The normalized spacial score (nSPS) is 12.7. The molecule has 0 fully saturated rings. The quantitative estimate of drug-likeness (QED) is 0.0261. The van der Waals surface area contributed by atoms with Crippen molar-refractivity contribution < 1.29 is 28.6 Å². The van der Waals surface area contributed by atoms with Crippen molar-refractivity contribution in [2.75, 3.05) is 13.2 Å². The molecule has 0 N–H and O–H groups in total. The molecular formula is C72H124O6. The second-order valence-corrected chi connectivity index (χ2v) is 22.0. The van der Waals surface area contributed by atoms with Crippen LogP contribution in [0, 0.1) is 0 Å². The van der Waals surface area contributed by atoms with Gasteiger partial charge in [-0.1, -0.05) is 298 Å². The summed E-state index contributed by atoms with van der Waals surface area (Å²) < 4.78 is 17.0. The lowest BCUT2D eigenvalue weighted by atomic mass is 10.0. The fourth-order valence-corrected chi connectivity index (χ4v) is 9.36. The highest BCUT2D eigenvalue weighted by Crippen LogP contribution is 2.17. The van der Waals surface area contributed by atoms with Gasteiger partial charge in [0.2, 0.25) is 0 Å². The zero-order valence-electron chi connectivity index (χ0n) is 51.4. The lowest BCUT2D eigenvalue weighted by Crippen LogP contribution is -2.30. The maximum Gasteiger partial charge on any atom is 0.306 e. The van der Waals surface area contributed by atoms with E-state index in [2.05, 4.69) is 118 Å². The molecule has 0 saturated carbocycles. The molecule has 0 aromatic carbocycles. The molecule has 0 aliphatic heterocycles. The Balaban J connectivity index is 4.40. The number of carbonyl (C=O) groups excluding carboxylic acids is 3. The van der Waals surface area contributed by atoms with Crippen LogP contribution in [0.25, 0.3) is 0 Å². The van der Waals surface area contributed by atoms with Crippen molar-refractivity contribution in [3.05, 3.63) is 97.2 Å². The third-order valence-corrected chi connectivity index (χ3v) is 14.3. The molecule has 0 aliphatic rings. The molecule has 0 spiro atoms. The standard InChI is InChI=1S/C72H124O6/c1-4-7-10-13-16-19-22-25-28-31-33-34-35-36-37-38-39-42-44-47-50-53-56-59-62-65-71(74)77-68-69(67-76-70(73)64-61-58-55-52-49-46-43-40-30-27-24-21-18-15-12-9-6-3)78-72(75)66-63-60-57-54-51-48-45-41-32-29-26-23-20-17-14-11-8-5-2/h7,10,16,19-20,23,25,28-29,32-34,36-37,39,42,69H,4-6,8-9,11-15,17-18,21-22,24,26-27,30-31,35,38,40-41,43-68H2,1-3H3/b10-7-,19-16-,23-20-,28-25-,32-29-,34-33-,37-36-,42-39-. The van der Waals surface area contributed by atoms with Gasteiger partial charge < -0.3 is 14.2 Å². The Kier molecular flexibility index (Phi) is 62.7. The SMILES string of the molecule is CC/C=C\C/C=C\C/C=C\C/C=C\C/C=C\C/C=C\CCCCCCCCC(=O)OCC(COC(=O)CCCCCCCCCCCCCCCCCCC)OC(=O)CCCCCCCCC/C=C\C/C=C\CCCCCC. The Bertz CT molecular complexity index is 1530. The number of allylic oxidation sites excluding steroid dienone is 16. The lowest BCUT2D eigenvalue weighted by molar-refractivity contribution is -0.167. The average Bonchev–Trinajstić information content (AvgIpc) is 3.44. The van der Waals surface area contributed by atoms with E-state index < -0.39 is 6.10 Å². The summed E-state index contributed by atoms with van der Waals surface area (Å²) in [5.74, 6) is -0.892. The van der Waals surface area contributed by atoms with Crippen molar-refractivity contribution >= 4 is 17.9 Å². The molecule has 0 aliphatic carbocycles. The highest BCUT2D eigenvalue weighted by atomic mass is 16.6. The van der Waals surface area contributed by atoms with Gasteiger partial charge in [0.25, 0.3) is 0 Å². The number of rotatable bonds is 60. The Morgan fingerprint density at radius 2 is 0.500 bits per heavy atom. The fraction of sp³-hybridized carbons (Fsp3) is 0.736. The van der Waals surface area contributed by atoms with E-state index in [4.69, 9.17) is 14.2 Å². The van der Waals surface area contributed by atoms with Gasteiger partial charge in [-0.05, 0) is 103 Å². The third-order valence-electron chi connectivity index (χ3n) is 14.3. The summed E-state index contributed by atoms with van der Waals surface area (Å²) in [5.41, 5.74) is 0. The van der Waals surface area contributed by atoms with Crippen LogP contribution in [0.2, 0.25) is 0 Å². The first-order valence-corrected chi connectivity index (χ1v) is 33.2. The Labute approximate surface area is 483 Å². The molecule has 6 heteroatoms. The van der Waals surface area contributed by atoms with Gasteiger partial charge >= 0.3 is 17.9 Å². The lowest BCUT2D eigenvalue weighted by Gasteiger charge is -2.18. The topological polar surface area (TPSA) is 78.9 Å². The van der Waals surface area contributed by atoms with Gasteiger partial charge in [-0.3, -0.25) is 14.4 Å². The number of ether oxygens (including phenoxy) is 3. The zero-order chi connectivity index (χ0) is 56.4. The second-order valence-electron chi connectivity index (χ2n) is 22.0. The summed E-state index contributed by atoms with van der Waals surface area (Å²) in [6, 6.07) is 0. The van der Waals surface area contributed by atoms with Crippen molar-refractivity contribution in [1.29, 1.82) is 0 Å². The largest absolute Gasteiger partial charge is 0.462 e. The average molecular weight is 1090 g/mol. The minimum atomic E-state index is -0.789. The fourth-order valence-electron chi connectivity index (χ4n) is 9.36. The smallest absolute Gasteiger partial charge is 0.306 e. The minimum absolute atomic E-state index is 0.0829. The van der Waals surface area contributed by atoms with E-state index in [-0.39, 0.29) is 31.1 Å². The van der Waals surface area contributed by atoms with E-state index in [0.717, 1.165) is 122 Å². The first-order chi connectivity index (χ1) is 38.5. The van der Waals surface area contributed by atoms with Gasteiger partial charge in [-0.15, -0.1) is 0 Å². The number of hydrogen-bond acceptors (Lipinski definition) is 6. The van der Waals surface area contributed by atoms with Gasteiger partial charge in [-0.25, -0.2) is 0 Å². The summed E-state index contributed by atoms with van der Waals surface area (Å²) in [7, 11) is 0. The van der Waals surface area contributed by atoms with Gasteiger partial charge in [0.05, 0.1) is 0 Å². The van der Waals surface area contributed by atoms with Crippen molar-refractivity contribution in [1.82, 2.24) is 0 Å². The van der Waals surface area contributed by atoms with E-state index in [1.807, 2.05) is 0 Å². The molecule has 1 atom stereocenters. The summed E-state index contributed by atoms with van der Waals surface area (Å²) in [4.78, 5) is 38.4. The predicted octanol–water partition coefficient (Wildman–Crippen LogP) is 22.8. The van der Waals surface area contributed by atoms with E-state index >= 15 is 0 Å². The first-order valence-electron chi connectivity index (χ1n) is 33.2. The molecule has 0 saturated heterocycles. The van der Waals surface area contributed by atoms with Crippen LogP contribution in [0.4, 0.5) is 0 Å². The van der Waals surface area contributed by atoms with Crippen LogP contribution >= 0.6 is 0 Å². The Morgan fingerprint density at radius 3 is 0.795 bits per heavy atom. The molecule has 448 valence electrons. The number of carbonyl (C=O) groups is 3.